The first-order valence-corrected chi connectivity index (χ1v) is 12.2. The summed E-state index contributed by atoms with van der Waals surface area (Å²) in [5.74, 6) is 1.31. The molecule has 1 aliphatic heterocycles. The van der Waals surface area contributed by atoms with Crippen LogP contribution in [0.25, 0.3) is 11.0 Å². The number of fused-ring (bicyclic) bond motifs is 1. The Morgan fingerprint density at radius 1 is 1.16 bits per heavy atom. The molecule has 1 fully saturated rings. The smallest absolute Gasteiger partial charge is 0.247 e. The summed E-state index contributed by atoms with van der Waals surface area (Å²) in [7, 11) is 1.61. The zero-order valence-electron chi connectivity index (χ0n) is 20.9. The molecule has 196 valence electrons. The van der Waals surface area contributed by atoms with Gasteiger partial charge in [-0.2, -0.15) is 9.97 Å². The van der Waals surface area contributed by atoms with E-state index in [4.69, 9.17) is 9.72 Å². The van der Waals surface area contributed by atoms with Crippen molar-refractivity contribution >= 4 is 51.5 Å². The summed E-state index contributed by atoms with van der Waals surface area (Å²) in [5, 5.41) is 13.6. The van der Waals surface area contributed by atoms with Crippen LogP contribution in [0.1, 0.15) is 0 Å². The lowest BCUT2D eigenvalue weighted by Crippen LogP contribution is -2.55. The second-order valence-corrected chi connectivity index (χ2v) is 8.86. The van der Waals surface area contributed by atoms with E-state index >= 15 is 0 Å². The summed E-state index contributed by atoms with van der Waals surface area (Å²) in [6.07, 6.45) is 3.02. The van der Waals surface area contributed by atoms with E-state index in [-0.39, 0.29) is 18.6 Å². The summed E-state index contributed by atoms with van der Waals surface area (Å²) in [6, 6.07) is 15.3. The Balaban J connectivity index is 1.34. The zero-order valence-corrected chi connectivity index (χ0v) is 20.9. The first-order chi connectivity index (χ1) is 18.5. The molecule has 0 bridgehead atoms. The van der Waals surface area contributed by atoms with E-state index < -0.39 is 0 Å². The average molecular weight is 517 g/mol. The van der Waals surface area contributed by atoms with E-state index in [1.165, 1.54) is 6.08 Å². The molecule has 1 saturated heterocycles. The number of aromatic amines is 1. The predicted octanol–water partition coefficient (Wildman–Crippen LogP) is 4.64. The lowest BCUT2D eigenvalue weighted by Gasteiger charge is -2.39. The number of hydrogen-bond donors (Lipinski definition) is 5. The van der Waals surface area contributed by atoms with Gasteiger partial charge in [0.1, 0.15) is 23.9 Å². The Morgan fingerprint density at radius 2 is 2.00 bits per heavy atom. The lowest BCUT2D eigenvalue weighted by molar-refractivity contribution is -0.111. The molecule has 1 amide bonds. The minimum Gasteiger partial charge on any atom is -0.494 e. The second kappa shape index (κ2) is 11.2. The first kappa shape index (κ1) is 25.0. The highest BCUT2D eigenvalue weighted by atomic mass is 19.1. The lowest BCUT2D eigenvalue weighted by atomic mass is 10.1. The van der Waals surface area contributed by atoms with Gasteiger partial charge in [0.2, 0.25) is 11.9 Å². The Hall–Kier alpha value is -4.64. The van der Waals surface area contributed by atoms with Gasteiger partial charge >= 0.3 is 0 Å². The fraction of sp³-hybridized carbons (Fsp3) is 0.222. The van der Waals surface area contributed by atoms with Crippen LogP contribution in [-0.2, 0) is 4.79 Å². The van der Waals surface area contributed by atoms with Crippen LogP contribution in [0.3, 0.4) is 0 Å². The highest BCUT2D eigenvalue weighted by molar-refractivity contribution is 5.99. The van der Waals surface area contributed by atoms with Gasteiger partial charge in [-0.1, -0.05) is 12.6 Å². The van der Waals surface area contributed by atoms with Crippen molar-refractivity contribution in [2.24, 2.45) is 0 Å². The third kappa shape index (κ3) is 5.68. The number of methoxy groups -OCH3 is 1. The molecular weight excluding hydrogens is 487 g/mol. The predicted molar refractivity (Wildman–Crippen MR) is 149 cm³/mol. The number of alkyl halides is 1. The number of benzene rings is 2. The van der Waals surface area contributed by atoms with Crippen molar-refractivity contribution in [2.75, 3.05) is 54.7 Å². The van der Waals surface area contributed by atoms with E-state index in [2.05, 4.69) is 42.7 Å². The molecule has 0 atom stereocenters. The fourth-order valence-corrected chi connectivity index (χ4v) is 4.30. The number of ether oxygens (including phenoxy) is 1. The number of H-pyrrole nitrogens is 1. The van der Waals surface area contributed by atoms with Crippen LogP contribution in [0.2, 0.25) is 0 Å². The third-order valence-electron chi connectivity index (χ3n) is 6.17. The summed E-state index contributed by atoms with van der Waals surface area (Å²) in [4.78, 5) is 26.2. The molecular formula is C27H29FN8O2. The number of rotatable bonds is 11. The van der Waals surface area contributed by atoms with E-state index in [0.717, 1.165) is 29.9 Å². The highest BCUT2D eigenvalue weighted by Crippen LogP contribution is 2.32. The molecule has 4 aromatic rings. The monoisotopic (exact) mass is 516 g/mol. The topological polar surface area (TPSA) is 119 Å². The molecule has 5 N–H and O–H groups in total. The van der Waals surface area contributed by atoms with Gasteiger partial charge in [0, 0.05) is 49.0 Å². The summed E-state index contributed by atoms with van der Waals surface area (Å²) in [6.45, 7) is 5.26. The van der Waals surface area contributed by atoms with Crippen molar-refractivity contribution in [3.8, 4) is 5.75 Å². The molecule has 2 aromatic carbocycles. The number of aromatic nitrogens is 3. The Kier molecular flexibility index (Phi) is 7.36. The van der Waals surface area contributed by atoms with Crippen LogP contribution in [0.5, 0.6) is 5.75 Å². The molecule has 38 heavy (non-hydrogen) atoms. The molecule has 0 saturated carbocycles. The van der Waals surface area contributed by atoms with Crippen molar-refractivity contribution in [3.05, 3.63) is 67.4 Å². The molecule has 1 aliphatic rings. The van der Waals surface area contributed by atoms with Gasteiger partial charge in [-0.05, 0) is 42.5 Å². The third-order valence-corrected chi connectivity index (χ3v) is 6.17. The van der Waals surface area contributed by atoms with Crippen molar-refractivity contribution in [1.82, 2.24) is 19.9 Å². The summed E-state index contributed by atoms with van der Waals surface area (Å²) >= 11 is 0. The molecule has 0 unspecified atom stereocenters. The number of carbonyl (C=O) groups excluding carboxylic acids is 1. The molecule has 11 heteroatoms. The van der Waals surface area contributed by atoms with Crippen LogP contribution in [0, 0.1) is 0 Å². The number of anilines is 6. The molecule has 10 nitrogen and oxygen atoms in total. The first-order valence-electron chi connectivity index (χ1n) is 12.2. The highest BCUT2D eigenvalue weighted by Gasteiger charge is 2.26. The maximum atomic E-state index is 12.5. The van der Waals surface area contributed by atoms with Crippen molar-refractivity contribution in [3.63, 3.8) is 0 Å². The van der Waals surface area contributed by atoms with E-state index in [0.29, 0.717) is 41.1 Å². The molecule has 2 aromatic heterocycles. The Morgan fingerprint density at radius 3 is 2.79 bits per heavy atom. The standard InChI is InChI=1S/C27H29FN8O2/c1-3-24(37)31-17-5-4-6-18(13-17)32-26-21-9-11-29-25(21)34-27(35-26)33-22-8-7-19(14-23(22)38-2)30-20-15-36(16-20)12-10-28/h3-9,11,13-14,20,30H,1,10,12,15-16H2,2H3,(H,31,37)(H3,29,32,33,34,35). The fourth-order valence-electron chi connectivity index (χ4n) is 4.30. The van der Waals surface area contributed by atoms with E-state index in [1.54, 1.807) is 19.4 Å². The Bertz CT molecular complexity index is 1450. The van der Waals surface area contributed by atoms with E-state index in [9.17, 15) is 9.18 Å². The van der Waals surface area contributed by atoms with Gasteiger partial charge in [-0.3, -0.25) is 9.69 Å². The summed E-state index contributed by atoms with van der Waals surface area (Å²) < 4.78 is 18.1. The van der Waals surface area contributed by atoms with Gasteiger partial charge in [0.05, 0.1) is 24.2 Å². The van der Waals surface area contributed by atoms with Gasteiger partial charge in [-0.15, -0.1) is 0 Å². The molecule has 5 rings (SSSR count). The number of amides is 1. The van der Waals surface area contributed by atoms with Crippen LogP contribution in [0.4, 0.5) is 38.9 Å². The van der Waals surface area contributed by atoms with Gasteiger partial charge in [0.15, 0.2) is 0 Å². The van der Waals surface area contributed by atoms with Crippen LogP contribution >= 0.6 is 0 Å². The second-order valence-electron chi connectivity index (χ2n) is 8.86. The number of hydrogen-bond acceptors (Lipinski definition) is 8. The number of likely N-dealkylation sites (tertiary alicyclic amines) is 1. The number of nitrogens with zero attached hydrogens (tertiary/aromatic N) is 3. The Labute approximate surface area is 219 Å². The average Bonchev–Trinajstić information content (AvgIpc) is 3.37. The molecule has 0 radical (unpaired) electrons. The number of carbonyl (C=O) groups is 1. The summed E-state index contributed by atoms with van der Waals surface area (Å²) in [5.41, 5.74) is 3.66. The number of halogens is 1. The maximum absolute atomic E-state index is 12.5. The van der Waals surface area contributed by atoms with Crippen molar-refractivity contribution in [2.45, 2.75) is 6.04 Å². The minimum atomic E-state index is -0.325. The minimum absolute atomic E-state index is 0.279. The number of nitrogens with one attached hydrogen (secondary N) is 5. The van der Waals surface area contributed by atoms with Crippen molar-refractivity contribution < 1.29 is 13.9 Å². The van der Waals surface area contributed by atoms with Crippen molar-refractivity contribution in [1.29, 1.82) is 0 Å². The van der Waals surface area contributed by atoms with E-state index in [1.807, 2.05) is 42.5 Å². The largest absolute Gasteiger partial charge is 0.494 e. The van der Waals surface area contributed by atoms with Crippen LogP contribution < -0.4 is 26.0 Å². The van der Waals surface area contributed by atoms with Crippen LogP contribution in [0.15, 0.2) is 67.4 Å². The van der Waals surface area contributed by atoms with Gasteiger partial charge < -0.3 is 31.0 Å². The van der Waals surface area contributed by atoms with Crippen LogP contribution in [-0.4, -0.2) is 65.2 Å². The van der Waals surface area contributed by atoms with Gasteiger partial charge in [-0.25, -0.2) is 4.39 Å². The normalized spacial score (nSPS) is 13.5. The molecule has 3 heterocycles. The quantitative estimate of drug-likeness (QED) is 0.183. The maximum Gasteiger partial charge on any atom is 0.247 e. The van der Waals surface area contributed by atoms with Gasteiger partial charge in [0.25, 0.3) is 0 Å². The molecule has 0 aliphatic carbocycles. The SMILES string of the molecule is C=CC(=O)Nc1cccc(Nc2nc(Nc3ccc(NC4CN(CCF)C4)cc3OC)nc3[nH]ccc23)c1. The molecule has 0 spiro atoms. The zero-order chi connectivity index (χ0) is 26.5.